The predicted octanol–water partition coefficient (Wildman–Crippen LogP) is 2.98. The largest absolute Gasteiger partial charge is 0.492 e. The lowest BCUT2D eigenvalue weighted by atomic mass is 10.0. The van der Waals surface area contributed by atoms with Gasteiger partial charge in [-0.1, -0.05) is 12.1 Å². The highest BCUT2D eigenvalue weighted by atomic mass is 127. The molecule has 2 N–H and O–H groups in total. The first-order valence-electron chi connectivity index (χ1n) is 7.72. The average molecular weight is 436 g/mol. The number of carbonyl (C=O) groups is 2. The van der Waals surface area contributed by atoms with Crippen molar-refractivity contribution in [2.75, 3.05) is 18.5 Å². The summed E-state index contributed by atoms with van der Waals surface area (Å²) in [6, 6.07) is 13.1. The number of hydrogen-bond acceptors (Lipinski definition) is 3. The summed E-state index contributed by atoms with van der Waals surface area (Å²) in [7, 11) is 0. The second-order valence-corrected chi connectivity index (χ2v) is 6.61. The van der Waals surface area contributed by atoms with Crippen LogP contribution in [0.5, 0.6) is 5.75 Å². The Bertz CT molecular complexity index is 777. The van der Waals surface area contributed by atoms with Crippen LogP contribution < -0.4 is 15.4 Å². The van der Waals surface area contributed by atoms with Crippen molar-refractivity contribution in [1.82, 2.24) is 5.32 Å². The Balaban J connectivity index is 1.49. The number of fused-ring (bicyclic) bond motifs is 1. The fraction of sp³-hybridized carbons (Fsp3) is 0.222. The number of nitrogens with one attached hydrogen (secondary N) is 2. The third-order valence-corrected chi connectivity index (χ3v) is 4.69. The van der Waals surface area contributed by atoms with Crippen molar-refractivity contribution in [3.8, 4) is 5.75 Å². The molecule has 5 nitrogen and oxygen atoms in total. The van der Waals surface area contributed by atoms with E-state index in [4.69, 9.17) is 4.74 Å². The molecule has 1 aliphatic rings. The van der Waals surface area contributed by atoms with E-state index in [2.05, 4.69) is 33.2 Å². The maximum absolute atomic E-state index is 12.1. The lowest BCUT2D eigenvalue weighted by molar-refractivity contribution is -0.116. The maximum Gasteiger partial charge on any atom is 0.252 e. The van der Waals surface area contributed by atoms with Crippen LogP contribution >= 0.6 is 22.6 Å². The SMILES string of the molecule is O=C1CCc2cc(OCCNC(=O)c3ccccc3I)ccc2N1. The monoisotopic (exact) mass is 436 g/mol. The maximum atomic E-state index is 12.1. The zero-order chi connectivity index (χ0) is 16.9. The molecule has 0 aromatic heterocycles. The van der Waals surface area contributed by atoms with Crippen LogP contribution in [0.1, 0.15) is 22.3 Å². The summed E-state index contributed by atoms with van der Waals surface area (Å²) in [6.45, 7) is 0.817. The van der Waals surface area contributed by atoms with Crippen LogP contribution in [0, 0.1) is 3.57 Å². The fourth-order valence-electron chi connectivity index (χ4n) is 2.52. The summed E-state index contributed by atoms with van der Waals surface area (Å²) in [5, 5.41) is 5.69. The number of amides is 2. The summed E-state index contributed by atoms with van der Waals surface area (Å²) in [4.78, 5) is 23.4. The molecule has 124 valence electrons. The van der Waals surface area contributed by atoms with Gasteiger partial charge in [-0.3, -0.25) is 9.59 Å². The molecule has 1 aliphatic heterocycles. The van der Waals surface area contributed by atoms with E-state index in [1.165, 1.54) is 0 Å². The standard InChI is InChI=1S/C18H17IN2O3/c19-15-4-2-1-3-14(15)18(23)20-9-10-24-13-6-7-16-12(11-13)5-8-17(22)21-16/h1-4,6-7,11H,5,8-10H2,(H,20,23)(H,21,22). The molecule has 24 heavy (non-hydrogen) atoms. The Labute approximate surface area is 153 Å². The van der Waals surface area contributed by atoms with Crippen molar-refractivity contribution in [3.05, 3.63) is 57.2 Å². The van der Waals surface area contributed by atoms with Crippen molar-refractivity contribution in [2.45, 2.75) is 12.8 Å². The average Bonchev–Trinajstić information content (AvgIpc) is 2.59. The van der Waals surface area contributed by atoms with E-state index >= 15 is 0 Å². The van der Waals surface area contributed by atoms with Crippen LogP contribution in [-0.4, -0.2) is 25.0 Å². The van der Waals surface area contributed by atoms with E-state index in [1.807, 2.05) is 36.4 Å². The fourth-order valence-corrected chi connectivity index (χ4v) is 3.16. The van der Waals surface area contributed by atoms with Gasteiger partial charge in [-0.25, -0.2) is 0 Å². The van der Waals surface area contributed by atoms with Crippen molar-refractivity contribution < 1.29 is 14.3 Å². The van der Waals surface area contributed by atoms with Gasteiger partial charge >= 0.3 is 0 Å². The van der Waals surface area contributed by atoms with Gasteiger partial charge in [0.15, 0.2) is 0 Å². The van der Waals surface area contributed by atoms with Gasteiger partial charge in [0.05, 0.1) is 12.1 Å². The Morgan fingerprint density at radius 3 is 2.88 bits per heavy atom. The first kappa shape index (κ1) is 16.8. The zero-order valence-corrected chi connectivity index (χ0v) is 15.1. The molecule has 0 aliphatic carbocycles. The summed E-state index contributed by atoms with van der Waals surface area (Å²) >= 11 is 2.15. The smallest absolute Gasteiger partial charge is 0.252 e. The molecule has 3 rings (SSSR count). The van der Waals surface area contributed by atoms with Crippen LogP contribution in [0.4, 0.5) is 5.69 Å². The van der Waals surface area contributed by atoms with Crippen LogP contribution in [0.25, 0.3) is 0 Å². The van der Waals surface area contributed by atoms with Gasteiger partial charge in [-0.05, 0) is 64.9 Å². The number of benzene rings is 2. The lowest BCUT2D eigenvalue weighted by Crippen LogP contribution is -2.28. The minimum absolute atomic E-state index is 0.0504. The van der Waals surface area contributed by atoms with Gasteiger partial charge in [0.2, 0.25) is 5.91 Å². The van der Waals surface area contributed by atoms with Crippen LogP contribution in [-0.2, 0) is 11.2 Å². The number of ether oxygens (including phenoxy) is 1. The first-order chi connectivity index (χ1) is 11.6. The van der Waals surface area contributed by atoms with E-state index in [1.54, 1.807) is 6.07 Å². The topological polar surface area (TPSA) is 67.4 Å². The van der Waals surface area contributed by atoms with Crippen LogP contribution in [0.3, 0.4) is 0 Å². The number of carbonyl (C=O) groups excluding carboxylic acids is 2. The minimum Gasteiger partial charge on any atom is -0.492 e. The van der Waals surface area contributed by atoms with Crippen molar-refractivity contribution in [2.24, 2.45) is 0 Å². The number of halogens is 1. The van der Waals surface area contributed by atoms with Crippen molar-refractivity contribution >= 4 is 40.1 Å². The van der Waals surface area contributed by atoms with E-state index in [0.717, 1.165) is 27.0 Å². The van der Waals surface area contributed by atoms with Gasteiger partial charge in [0.25, 0.3) is 5.91 Å². The third-order valence-electron chi connectivity index (χ3n) is 3.75. The lowest BCUT2D eigenvalue weighted by Gasteiger charge is -2.17. The third kappa shape index (κ3) is 4.05. The molecule has 0 saturated carbocycles. The minimum atomic E-state index is -0.100. The summed E-state index contributed by atoms with van der Waals surface area (Å²) in [5.41, 5.74) is 2.60. The number of aryl methyl sites for hydroxylation is 1. The van der Waals surface area contributed by atoms with E-state index in [0.29, 0.717) is 25.1 Å². The molecule has 6 heteroatoms. The summed E-state index contributed by atoms with van der Waals surface area (Å²) < 4.78 is 6.61. The molecule has 0 saturated heterocycles. The van der Waals surface area contributed by atoms with E-state index in [9.17, 15) is 9.59 Å². The summed E-state index contributed by atoms with van der Waals surface area (Å²) in [5.74, 6) is 0.694. The second-order valence-electron chi connectivity index (χ2n) is 5.45. The van der Waals surface area contributed by atoms with Gasteiger partial charge in [0.1, 0.15) is 12.4 Å². The molecule has 2 aromatic rings. The van der Waals surface area contributed by atoms with Gasteiger partial charge in [-0.2, -0.15) is 0 Å². The molecular formula is C18H17IN2O3. The highest BCUT2D eigenvalue weighted by Gasteiger charge is 2.15. The molecule has 0 radical (unpaired) electrons. The normalized spacial score (nSPS) is 13.0. The highest BCUT2D eigenvalue weighted by molar-refractivity contribution is 14.1. The molecule has 0 bridgehead atoms. The van der Waals surface area contributed by atoms with Gasteiger partial charge in [-0.15, -0.1) is 0 Å². The number of rotatable bonds is 5. The molecular weight excluding hydrogens is 419 g/mol. The molecule has 0 atom stereocenters. The van der Waals surface area contributed by atoms with Crippen molar-refractivity contribution in [1.29, 1.82) is 0 Å². The molecule has 0 unspecified atom stereocenters. The quantitative estimate of drug-likeness (QED) is 0.560. The van der Waals surface area contributed by atoms with Crippen LogP contribution in [0.15, 0.2) is 42.5 Å². The second kappa shape index (κ2) is 7.65. The predicted molar refractivity (Wildman–Crippen MR) is 100 cm³/mol. The summed E-state index contributed by atoms with van der Waals surface area (Å²) in [6.07, 6.45) is 1.23. The molecule has 0 spiro atoms. The molecule has 0 fully saturated rings. The van der Waals surface area contributed by atoms with E-state index in [-0.39, 0.29) is 11.8 Å². The molecule has 2 aromatic carbocycles. The Morgan fingerprint density at radius 2 is 2.04 bits per heavy atom. The van der Waals surface area contributed by atoms with Crippen molar-refractivity contribution in [3.63, 3.8) is 0 Å². The molecule has 2 amide bonds. The first-order valence-corrected chi connectivity index (χ1v) is 8.79. The highest BCUT2D eigenvalue weighted by Crippen LogP contribution is 2.26. The van der Waals surface area contributed by atoms with Gasteiger partial charge in [0, 0.05) is 15.7 Å². The molecule has 1 heterocycles. The Hall–Kier alpha value is -2.09. The Morgan fingerprint density at radius 1 is 1.21 bits per heavy atom. The van der Waals surface area contributed by atoms with E-state index < -0.39 is 0 Å². The zero-order valence-electron chi connectivity index (χ0n) is 13.0. The Kier molecular flexibility index (Phi) is 5.34. The van der Waals surface area contributed by atoms with Gasteiger partial charge < -0.3 is 15.4 Å². The number of hydrogen-bond donors (Lipinski definition) is 2. The number of anilines is 1. The van der Waals surface area contributed by atoms with Crippen LogP contribution in [0.2, 0.25) is 0 Å².